The highest BCUT2D eigenvalue weighted by Gasteiger charge is 2.27. The van der Waals surface area contributed by atoms with Crippen molar-refractivity contribution in [3.63, 3.8) is 0 Å². The third-order valence-corrected chi connectivity index (χ3v) is 10.9. The molecule has 0 aromatic heterocycles. The van der Waals surface area contributed by atoms with Crippen molar-refractivity contribution in [2.45, 2.75) is 77.2 Å². The number of alkyl halides is 2. The maximum atomic E-state index is 13.7. The van der Waals surface area contributed by atoms with Gasteiger partial charge in [-0.3, -0.25) is 28.8 Å². The molecule has 18 heteroatoms. The van der Waals surface area contributed by atoms with Gasteiger partial charge in [0.2, 0.25) is 12.1 Å². The molecular weight excluding hydrogens is 926 g/mol. The second-order valence-electron chi connectivity index (χ2n) is 15.1. The Hall–Kier alpha value is -6.32. The molecule has 0 aliphatic rings. The van der Waals surface area contributed by atoms with Gasteiger partial charge in [0, 0.05) is 43.9 Å². The minimum Gasteiger partial charge on any atom is -0.324 e. The lowest BCUT2D eigenvalue weighted by Gasteiger charge is -2.19. The lowest BCUT2D eigenvalue weighted by Crippen LogP contribution is -2.33. The van der Waals surface area contributed by atoms with E-state index < -0.39 is 47.3 Å². The van der Waals surface area contributed by atoms with E-state index in [-0.39, 0.29) is 43.3 Å². The molecule has 5 aromatic rings. The van der Waals surface area contributed by atoms with Crippen LogP contribution in [-0.2, 0) is 32.0 Å². The van der Waals surface area contributed by atoms with Gasteiger partial charge in [-0.15, -0.1) is 23.2 Å². The summed E-state index contributed by atoms with van der Waals surface area (Å²) in [5, 5.41) is 27.3. The van der Waals surface area contributed by atoms with E-state index in [1.54, 1.807) is 60.7 Å². The zero-order valence-corrected chi connectivity index (χ0v) is 39.7. The first-order chi connectivity index (χ1) is 31.3. The number of amides is 4. The highest BCUT2D eigenvalue weighted by Crippen LogP contribution is 2.30. The lowest BCUT2D eigenvalue weighted by atomic mass is 10.0. The Balaban J connectivity index is 1.29. The minimum absolute atomic E-state index is 0.128. The predicted molar refractivity (Wildman–Crippen MR) is 261 cm³/mol. The van der Waals surface area contributed by atoms with E-state index in [0.29, 0.717) is 46.7 Å². The van der Waals surface area contributed by atoms with E-state index >= 15 is 0 Å². The Labute approximate surface area is 402 Å². The van der Waals surface area contributed by atoms with Crippen molar-refractivity contribution in [3.8, 4) is 0 Å². The van der Waals surface area contributed by atoms with Crippen LogP contribution < -0.4 is 21.3 Å². The second kappa shape index (κ2) is 23.2. The molecule has 0 heterocycles. The summed E-state index contributed by atoms with van der Waals surface area (Å²) in [5.74, 6) is -3.71. The Bertz CT molecular complexity index is 2680. The van der Waals surface area contributed by atoms with E-state index in [1.165, 1.54) is 50.2 Å². The van der Waals surface area contributed by atoms with Gasteiger partial charge in [0.05, 0.1) is 22.1 Å². The molecular formula is C48H46Cl4N8O6. The number of benzene rings is 5. The number of Topliss-reactive ketones (excluding diaryl/α,β-unsaturated/α-hetero) is 2. The van der Waals surface area contributed by atoms with Crippen molar-refractivity contribution < 1.29 is 28.8 Å². The maximum absolute atomic E-state index is 13.7. The molecule has 5 rings (SSSR count). The smallest absolute Gasteiger partial charge is 0.258 e. The molecule has 0 radical (unpaired) electrons. The van der Waals surface area contributed by atoms with Crippen LogP contribution in [0.5, 0.6) is 0 Å². The standard InChI is InChI=1S/C48H46Cl4N8O6/c1-7-29-19-39(55-47(65)42(27(5)61)59-57-40-21-33(17-35(51)23-40)45(63)53-37-13-9-31(10-14-37)25(3)49)20-30(8-2)44(29)56-48(66)43(28(6)62)60-58-41-22-34(18-36(52)24-41)46(64)54-38-15-11-32(12-16-38)26(4)50/h9-26,42-43H,7-8H2,1-6H3,(H,53,63)(H,54,64)(H,55,65)(H,56,66). The molecule has 0 aliphatic heterocycles. The van der Waals surface area contributed by atoms with Crippen molar-refractivity contribution in [3.05, 3.63) is 140 Å². The van der Waals surface area contributed by atoms with Gasteiger partial charge in [-0.05, 0) is 136 Å². The van der Waals surface area contributed by atoms with Gasteiger partial charge in [-0.1, -0.05) is 61.3 Å². The summed E-state index contributed by atoms with van der Waals surface area (Å²) in [5.41, 5.74) is 5.35. The van der Waals surface area contributed by atoms with Gasteiger partial charge >= 0.3 is 0 Å². The predicted octanol–water partition coefficient (Wildman–Crippen LogP) is 12.6. The summed E-state index contributed by atoms with van der Waals surface area (Å²) in [4.78, 5) is 78.9. The Morgan fingerprint density at radius 1 is 0.515 bits per heavy atom. The largest absolute Gasteiger partial charge is 0.324 e. The summed E-state index contributed by atoms with van der Waals surface area (Å²) < 4.78 is 0. The molecule has 342 valence electrons. The molecule has 4 amide bonds. The normalized spacial score (nSPS) is 13.1. The number of aryl methyl sites for hydroxylation is 2. The summed E-state index contributed by atoms with van der Waals surface area (Å²) >= 11 is 24.9. The molecule has 66 heavy (non-hydrogen) atoms. The zero-order valence-electron chi connectivity index (χ0n) is 36.7. The molecule has 14 nitrogen and oxygen atoms in total. The fraction of sp³-hybridized carbons (Fsp3) is 0.250. The molecule has 4 N–H and O–H groups in total. The van der Waals surface area contributed by atoms with Crippen molar-refractivity contribution in [2.24, 2.45) is 20.5 Å². The van der Waals surface area contributed by atoms with E-state index in [1.807, 2.05) is 27.7 Å². The Kier molecular flexibility index (Phi) is 17.8. The second-order valence-corrected chi connectivity index (χ2v) is 17.3. The first-order valence-corrected chi connectivity index (χ1v) is 22.3. The van der Waals surface area contributed by atoms with Gasteiger partial charge in [0.15, 0.2) is 11.6 Å². The van der Waals surface area contributed by atoms with Gasteiger partial charge in [-0.25, -0.2) is 0 Å². The van der Waals surface area contributed by atoms with Crippen LogP contribution in [0.1, 0.15) is 95.3 Å². The number of anilines is 4. The molecule has 4 atom stereocenters. The van der Waals surface area contributed by atoms with Crippen LogP contribution in [-0.4, -0.2) is 47.3 Å². The number of carbonyl (C=O) groups excluding carboxylic acids is 6. The van der Waals surface area contributed by atoms with E-state index in [0.717, 1.165) is 11.1 Å². The highest BCUT2D eigenvalue weighted by molar-refractivity contribution is 6.32. The molecule has 0 fully saturated rings. The van der Waals surface area contributed by atoms with Gasteiger partial charge in [-0.2, -0.15) is 20.5 Å². The van der Waals surface area contributed by atoms with Crippen LogP contribution in [0.25, 0.3) is 0 Å². The zero-order chi connectivity index (χ0) is 48.2. The Morgan fingerprint density at radius 2 is 0.894 bits per heavy atom. The van der Waals surface area contributed by atoms with Gasteiger partial charge in [0.25, 0.3) is 23.6 Å². The van der Waals surface area contributed by atoms with Crippen LogP contribution in [0.3, 0.4) is 0 Å². The number of halogens is 4. The summed E-state index contributed by atoms with van der Waals surface area (Å²) in [6, 6.07) is 22.8. The quantitative estimate of drug-likeness (QED) is 0.0382. The number of carbonyl (C=O) groups is 6. The van der Waals surface area contributed by atoms with E-state index in [4.69, 9.17) is 46.4 Å². The van der Waals surface area contributed by atoms with E-state index in [9.17, 15) is 28.8 Å². The number of azo groups is 2. The van der Waals surface area contributed by atoms with Crippen LogP contribution >= 0.6 is 46.4 Å². The fourth-order valence-electron chi connectivity index (χ4n) is 6.44. The average molecular weight is 973 g/mol. The molecule has 0 spiro atoms. The third kappa shape index (κ3) is 13.8. The maximum Gasteiger partial charge on any atom is 0.258 e. The van der Waals surface area contributed by atoms with Crippen LogP contribution in [0.2, 0.25) is 10.0 Å². The van der Waals surface area contributed by atoms with Crippen molar-refractivity contribution in [2.75, 3.05) is 21.3 Å². The number of ketones is 2. The molecule has 0 bridgehead atoms. The third-order valence-electron chi connectivity index (χ3n) is 9.97. The van der Waals surface area contributed by atoms with Crippen molar-refractivity contribution in [1.82, 2.24) is 0 Å². The molecule has 0 saturated carbocycles. The highest BCUT2D eigenvalue weighted by atomic mass is 35.5. The first-order valence-electron chi connectivity index (χ1n) is 20.7. The number of nitrogens with one attached hydrogen (secondary N) is 4. The summed E-state index contributed by atoms with van der Waals surface area (Å²) in [6.45, 7) is 9.75. The van der Waals surface area contributed by atoms with Crippen LogP contribution in [0.4, 0.5) is 34.1 Å². The van der Waals surface area contributed by atoms with Crippen LogP contribution in [0.15, 0.2) is 118 Å². The SMILES string of the molecule is CCc1cc(NC(=O)C(N=Nc2cc(Cl)cc(C(=O)Nc3ccc(C(C)Cl)cc3)c2)C(C)=O)cc(CC)c1NC(=O)C(N=Nc1cc(Cl)cc(C(=O)Nc2ccc(C(C)Cl)cc2)c1)C(C)=O. The van der Waals surface area contributed by atoms with Gasteiger partial charge < -0.3 is 21.3 Å². The summed E-state index contributed by atoms with van der Waals surface area (Å²) in [6.07, 6.45) is 0.779. The Morgan fingerprint density at radius 3 is 1.24 bits per heavy atom. The molecule has 4 unspecified atom stereocenters. The lowest BCUT2D eigenvalue weighted by molar-refractivity contribution is -0.127. The number of nitrogens with zero attached hydrogens (tertiary/aromatic N) is 4. The average Bonchev–Trinajstić information content (AvgIpc) is 3.26. The summed E-state index contributed by atoms with van der Waals surface area (Å²) in [7, 11) is 0. The minimum atomic E-state index is -1.57. The molecule has 0 aliphatic carbocycles. The molecule has 0 saturated heterocycles. The van der Waals surface area contributed by atoms with E-state index in [2.05, 4.69) is 41.7 Å². The van der Waals surface area contributed by atoms with Crippen LogP contribution in [0, 0.1) is 0 Å². The molecule has 5 aromatic carbocycles. The number of hydrogen-bond donors (Lipinski definition) is 4. The first kappa shape index (κ1) is 50.7. The van der Waals surface area contributed by atoms with Crippen molar-refractivity contribution in [1.29, 1.82) is 0 Å². The monoisotopic (exact) mass is 970 g/mol. The van der Waals surface area contributed by atoms with Crippen molar-refractivity contribution >= 4 is 116 Å². The number of rotatable bonds is 18. The van der Waals surface area contributed by atoms with Gasteiger partial charge in [0.1, 0.15) is 0 Å². The topological polar surface area (TPSA) is 200 Å². The fourth-order valence-corrected chi connectivity index (χ4v) is 7.19. The number of hydrogen-bond acceptors (Lipinski definition) is 10.